The molecule has 0 radical (unpaired) electrons. The summed E-state index contributed by atoms with van der Waals surface area (Å²) < 4.78 is 0. The van der Waals surface area contributed by atoms with Crippen molar-refractivity contribution in [2.75, 3.05) is 0 Å². The van der Waals surface area contributed by atoms with Crippen LogP contribution in [0.4, 0.5) is 0 Å². The molecule has 0 spiro atoms. The molecule has 0 aliphatic carbocycles. The molecule has 0 fully saturated rings. The maximum absolute atomic E-state index is 11.3. The molecule has 2 N–H and O–H groups in total. The standard InChI is InChI=1S/C12H17NOS/c1-8(2)11(12(13)14)15-10-7-5-4-6-9(10)3/h4-8,11H,1-3H3,(H2,13,14). The van der Waals surface area contributed by atoms with Crippen LogP contribution in [0.3, 0.4) is 0 Å². The molecule has 1 aromatic carbocycles. The molecule has 1 amide bonds. The van der Waals surface area contributed by atoms with Crippen molar-refractivity contribution in [2.45, 2.75) is 30.9 Å². The maximum atomic E-state index is 11.3. The summed E-state index contributed by atoms with van der Waals surface area (Å²) in [5.74, 6) is 0.0189. The molecule has 1 aromatic rings. The molecular weight excluding hydrogens is 206 g/mol. The van der Waals surface area contributed by atoms with Gasteiger partial charge >= 0.3 is 0 Å². The fourth-order valence-electron chi connectivity index (χ4n) is 1.35. The highest BCUT2D eigenvalue weighted by Gasteiger charge is 2.21. The second kappa shape index (κ2) is 5.21. The van der Waals surface area contributed by atoms with Crippen LogP contribution in [0.25, 0.3) is 0 Å². The summed E-state index contributed by atoms with van der Waals surface area (Å²) in [6.45, 7) is 6.07. The predicted octanol–water partition coefficient (Wildman–Crippen LogP) is 2.60. The third-order valence-electron chi connectivity index (χ3n) is 2.23. The van der Waals surface area contributed by atoms with Gasteiger partial charge in [-0.25, -0.2) is 0 Å². The van der Waals surface area contributed by atoms with Gasteiger partial charge in [0, 0.05) is 4.90 Å². The highest BCUT2D eigenvalue weighted by Crippen LogP contribution is 2.30. The van der Waals surface area contributed by atoms with E-state index >= 15 is 0 Å². The van der Waals surface area contributed by atoms with Gasteiger partial charge in [0.2, 0.25) is 5.91 Å². The van der Waals surface area contributed by atoms with Crippen LogP contribution in [-0.2, 0) is 4.79 Å². The molecule has 0 saturated heterocycles. The summed E-state index contributed by atoms with van der Waals surface area (Å²) >= 11 is 1.56. The molecule has 82 valence electrons. The Kier molecular flexibility index (Phi) is 4.21. The zero-order valence-electron chi connectivity index (χ0n) is 9.36. The Morgan fingerprint density at radius 2 is 1.93 bits per heavy atom. The Bertz CT molecular complexity index is 349. The lowest BCUT2D eigenvalue weighted by molar-refractivity contribution is -0.118. The van der Waals surface area contributed by atoms with Gasteiger partial charge in [0.1, 0.15) is 0 Å². The van der Waals surface area contributed by atoms with E-state index in [2.05, 4.69) is 0 Å². The fourth-order valence-corrected chi connectivity index (χ4v) is 2.42. The number of amides is 1. The van der Waals surface area contributed by atoms with Crippen molar-refractivity contribution in [2.24, 2.45) is 11.7 Å². The van der Waals surface area contributed by atoms with Gasteiger partial charge in [0.15, 0.2) is 0 Å². The normalized spacial score (nSPS) is 12.8. The quantitative estimate of drug-likeness (QED) is 0.797. The SMILES string of the molecule is Cc1ccccc1SC(C(N)=O)C(C)C. The van der Waals surface area contributed by atoms with E-state index in [-0.39, 0.29) is 17.1 Å². The molecule has 1 atom stereocenters. The maximum Gasteiger partial charge on any atom is 0.231 e. The van der Waals surface area contributed by atoms with E-state index in [1.165, 1.54) is 5.56 Å². The molecule has 0 aromatic heterocycles. The number of hydrogen-bond donors (Lipinski definition) is 1. The van der Waals surface area contributed by atoms with Crippen LogP contribution in [0.5, 0.6) is 0 Å². The molecule has 1 rings (SSSR count). The first kappa shape index (κ1) is 12.1. The third kappa shape index (κ3) is 3.27. The lowest BCUT2D eigenvalue weighted by atomic mass is 10.1. The lowest BCUT2D eigenvalue weighted by Crippen LogP contribution is -2.30. The van der Waals surface area contributed by atoms with Gasteiger partial charge in [0.25, 0.3) is 0 Å². The number of carbonyl (C=O) groups excluding carboxylic acids is 1. The van der Waals surface area contributed by atoms with Gasteiger partial charge in [0.05, 0.1) is 5.25 Å². The monoisotopic (exact) mass is 223 g/mol. The average molecular weight is 223 g/mol. The first-order chi connectivity index (χ1) is 7.02. The molecule has 2 nitrogen and oxygen atoms in total. The largest absolute Gasteiger partial charge is 0.369 e. The van der Waals surface area contributed by atoms with Crippen LogP contribution in [0.15, 0.2) is 29.2 Å². The van der Waals surface area contributed by atoms with E-state index in [1.807, 2.05) is 45.0 Å². The van der Waals surface area contributed by atoms with Crippen molar-refractivity contribution in [3.05, 3.63) is 29.8 Å². The fraction of sp³-hybridized carbons (Fsp3) is 0.417. The Morgan fingerprint density at radius 1 is 1.33 bits per heavy atom. The molecule has 0 aliphatic rings. The summed E-state index contributed by atoms with van der Waals surface area (Å²) in [6.07, 6.45) is 0. The molecular formula is C12H17NOS. The number of aryl methyl sites for hydroxylation is 1. The zero-order chi connectivity index (χ0) is 11.4. The Labute approximate surface area is 95.2 Å². The highest BCUT2D eigenvalue weighted by atomic mass is 32.2. The number of carbonyl (C=O) groups is 1. The molecule has 0 aliphatic heterocycles. The molecule has 0 bridgehead atoms. The second-order valence-corrected chi connectivity index (χ2v) is 5.13. The van der Waals surface area contributed by atoms with Gasteiger partial charge in [-0.15, -0.1) is 11.8 Å². The minimum Gasteiger partial charge on any atom is -0.369 e. The van der Waals surface area contributed by atoms with Crippen molar-refractivity contribution >= 4 is 17.7 Å². The number of nitrogens with two attached hydrogens (primary N) is 1. The van der Waals surface area contributed by atoms with Crippen molar-refractivity contribution in [3.63, 3.8) is 0 Å². The van der Waals surface area contributed by atoms with Crippen LogP contribution in [0.2, 0.25) is 0 Å². The van der Waals surface area contributed by atoms with Crippen molar-refractivity contribution in [1.82, 2.24) is 0 Å². The van der Waals surface area contributed by atoms with Crippen molar-refractivity contribution < 1.29 is 4.79 Å². The molecule has 0 heterocycles. The van der Waals surface area contributed by atoms with Gasteiger partial charge in [-0.05, 0) is 24.5 Å². The number of thioether (sulfide) groups is 1. The summed E-state index contributed by atoms with van der Waals surface area (Å²) in [4.78, 5) is 12.4. The van der Waals surface area contributed by atoms with E-state index in [1.54, 1.807) is 11.8 Å². The first-order valence-corrected chi connectivity index (χ1v) is 5.92. The molecule has 15 heavy (non-hydrogen) atoms. The second-order valence-electron chi connectivity index (χ2n) is 3.95. The first-order valence-electron chi connectivity index (χ1n) is 5.04. The summed E-state index contributed by atoms with van der Waals surface area (Å²) in [5, 5.41) is -0.147. The minimum absolute atomic E-state index is 0.147. The van der Waals surface area contributed by atoms with Gasteiger partial charge in [-0.3, -0.25) is 4.79 Å². The van der Waals surface area contributed by atoms with Gasteiger partial charge < -0.3 is 5.73 Å². The van der Waals surface area contributed by atoms with E-state index in [9.17, 15) is 4.79 Å². The van der Waals surface area contributed by atoms with E-state index in [0.29, 0.717) is 0 Å². The van der Waals surface area contributed by atoms with Crippen LogP contribution >= 0.6 is 11.8 Å². The average Bonchev–Trinajstić information content (AvgIpc) is 2.15. The van der Waals surface area contributed by atoms with Gasteiger partial charge in [-0.2, -0.15) is 0 Å². The lowest BCUT2D eigenvalue weighted by Gasteiger charge is -2.17. The highest BCUT2D eigenvalue weighted by molar-refractivity contribution is 8.00. The van der Waals surface area contributed by atoms with Crippen molar-refractivity contribution in [3.8, 4) is 0 Å². The Balaban J connectivity index is 2.84. The van der Waals surface area contributed by atoms with E-state index in [0.717, 1.165) is 4.90 Å². The summed E-state index contributed by atoms with van der Waals surface area (Å²) in [5.41, 5.74) is 6.57. The minimum atomic E-state index is -0.238. The Morgan fingerprint density at radius 3 is 2.40 bits per heavy atom. The van der Waals surface area contributed by atoms with E-state index in [4.69, 9.17) is 5.73 Å². The van der Waals surface area contributed by atoms with Gasteiger partial charge in [-0.1, -0.05) is 32.0 Å². The van der Waals surface area contributed by atoms with Crippen LogP contribution < -0.4 is 5.73 Å². The molecule has 0 saturated carbocycles. The molecule has 3 heteroatoms. The summed E-state index contributed by atoms with van der Waals surface area (Å²) in [6, 6.07) is 8.04. The zero-order valence-corrected chi connectivity index (χ0v) is 10.2. The summed E-state index contributed by atoms with van der Waals surface area (Å²) in [7, 11) is 0. The molecule has 1 unspecified atom stereocenters. The van der Waals surface area contributed by atoms with Crippen molar-refractivity contribution in [1.29, 1.82) is 0 Å². The Hall–Kier alpha value is -0.960. The van der Waals surface area contributed by atoms with Crippen LogP contribution in [-0.4, -0.2) is 11.2 Å². The topological polar surface area (TPSA) is 43.1 Å². The smallest absolute Gasteiger partial charge is 0.231 e. The predicted molar refractivity (Wildman–Crippen MR) is 64.9 cm³/mol. The van der Waals surface area contributed by atoms with Crippen LogP contribution in [0, 0.1) is 12.8 Å². The van der Waals surface area contributed by atoms with E-state index < -0.39 is 0 Å². The number of primary amides is 1. The number of rotatable bonds is 4. The third-order valence-corrected chi connectivity index (χ3v) is 3.98. The number of hydrogen-bond acceptors (Lipinski definition) is 2. The number of benzene rings is 1. The van der Waals surface area contributed by atoms with Crippen LogP contribution in [0.1, 0.15) is 19.4 Å².